The van der Waals surface area contributed by atoms with Crippen molar-refractivity contribution in [3.8, 4) is 0 Å². The minimum Gasteiger partial charge on any atom is -0.357 e. The van der Waals surface area contributed by atoms with E-state index in [1.54, 1.807) is 0 Å². The molecule has 29 heavy (non-hydrogen) atoms. The third-order valence-corrected chi connectivity index (χ3v) is 6.83. The second-order valence-corrected chi connectivity index (χ2v) is 9.02. The minimum absolute atomic E-state index is 0. The highest BCUT2D eigenvalue weighted by molar-refractivity contribution is 14.0. The fourth-order valence-electron chi connectivity index (χ4n) is 3.63. The van der Waals surface area contributed by atoms with Crippen LogP contribution in [0.5, 0.6) is 0 Å². The fourth-order valence-corrected chi connectivity index (χ4v) is 4.61. The Morgan fingerprint density at radius 1 is 1.24 bits per heavy atom. The van der Waals surface area contributed by atoms with E-state index in [0.29, 0.717) is 42.1 Å². The number of hydrogen-bond acceptors (Lipinski definition) is 3. The van der Waals surface area contributed by atoms with Crippen molar-refractivity contribution >= 4 is 40.0 Å². The van der Waals surface area contributed by atoms with Gasteiger partial charge in [0.1, 0.15) is 0 Å². The molecule has 1 saturated heterocycles. The van der Waals surface area contributed by atoms with Gasteiger partial charge in [-0.25, -0.2) is 8.42 Å². The van der Waals surface area contributed by atoms with Crippen molar-refractivity contribution in [3.63, 3.8) is 0 Å². The lowest BCUT2D eigenvalue weighted by molar-refractivity contribution is -0.0494. The van der Waals surface area contributed by atoms with Gasteiger partial charge in [0.05, 0.1) is 0 Å². The maximum atomic E-state index is 12.7. The molecule has 3 rings (SSSR count). The van der Waals surface area contributed by atoms with Gasteiger partial charge in [0.15, 0.2) is 5.96 Å². The molecule has 0 aromatic heterocycles. The molecule has 0 spiro atoms. The molecule has 6 nitrogen and oxygen atoms in total. The van der Waals surface area contributed by atoms with Crippen LogP contribution < -0.4 is 10.6 Å². The normalized spacial score (nSPS) is 21.0. The summed E-state index contributed by atoms with van der Waals surface area (Å²) in [7, 11) is -5.25. The van der Waals surface area contributed by atoms with Gasteiger partial charge in [-0.15, -0.1) is 24.0 Å². The number of benzene rings is 1. The van der Waals surface area contributed by atoms with Crippen LogP contribution in [-0.4, -0.2) is 56.4 Å². The van der Waals surface area contributed by atoms with Crippen molar-refractivity contribution in [2.45, 2.75) is 43.7 Å². The van der Waals surface area contributed by atoms with E-state index in [1.165, 1.54) is 11.1 Å². The molecule has 2 N–H and O–H groups in total. The molecule has 1 fully saturated rings. The molecular formula is C18H26F3IN4O2S. The molecule has 0 radical (unpaired) electrons. The van der Waals surface area contributed by atoms with Gasteiger partial charge < -0.3 is 10.6 Å². The van der Waals surface area contributed by atoms with Crippen molar-refractivity contribution < 1.29 is 21.6 Å². The van der Waals surface area contributed by atoms with Gasteiger partial charge in [0.2, 0.25) is 0 Å². The van der Waals surface area contributed by atoms with E-state index in [0.717, 1.165) is 6.42 Å². The first-order valence-electron chi connectivity index (χ1n) is 9.41. The summed E-state index contributed by atoms with van der Waals surface area (Å²) in [5.41, 5.74) is -2.59. The highest BCUT2D eigenvalue weighted by Gasteiger charge is 2.50. The van der Waals surface area contributed by atoms with E-state index in [2.05, 4.69) is 27.8 Å². The van der Waals surface area contributed by atoms with Gasteiger partial charge in [-0.3, -0.25) is 4.99 Å². The lowest BCUT2D eigenvalue weighted by atomic mass is 9.78. The number of nitrogens with one attached hydrogen (secondary N) is 2. The van der Waals surface area contributed by atoms with Crippen molar-refractivity contribution in [1.29, 1.82) is 0 Å². The van der Waals surface area contributed by atoms with E-state index in [9.17, 15) is 21.6 Å². The van der Waals surface area contributed by atoms with Crippen molar-refractivity contribution in [2.24, 2.45) is 4.99 Å². The standard InChI is InChI=1S/C18H25F3N4O2S.HI/c1-2-22-17(23-12-14-11-13-5-3-4-6-16(13)14)24-15-7-9-25(10-8-15)28(26,27)18(19,20)21;/h3-6,14-15H,2,7-12H2,1H3,(H2,22,23,24);1H. The van der Waals surface area contributed by atoms with Crippen LogP contribution in [-0.2, 0) is 16.4 Å². The van der Waals surface area contributed by atoms with Crippen LogP contribution in [0.25, 0.3) is 0 Å². The number of sulfonamides is 1. The number of nitrogens with zero attached hydrogens (tertiary/aromatic N) is 2. The molecule has 1 aromatic carbocycles. The number of hydrogen-bond donors (Lipinski definition) is 2. The van der Waals surface area contributed by atoms with Gasteiger partial charge >= 0.3 is 15.5 Å². The van der Waals surface area contributed by atoms with Crippen LogP contribution in [0.2, 0.25) is 0 Å². The summed E-state index contributed by atoms with van der Waals surface area (Å²) < 4.78 is 61.5. The van der Waals surface area contributed by atoms with E-state index in [4.69, 9.17) is 0 Å². The lowest BCUT2D eigenvalue weighted by Crippen LogP contribution is -2.51. The highest BCUT2D eigenvalue weighted by Crippen LogP contribution is 2.34. The maximum absolute atomic E-state index is 12.7. The Morgan fingerprint density at radius 3 is 2.48 bits per heavy atom. The van der Waals surface area contributed by atoms with Gasteiger partial charge in [-0.1, -0.05) is 24.3 Å². The molecular weight excluding hydrogens is 520 g/mol. The molecule has 2 aliphatic rings. The zero-order valence-electron chi connectivity index (χ0n) is 16.1. The Hall–Kier alpha value is -1.08. The molecule has 164 valence electrons. The van der Waals surface area contributed by atoms with Gasteiger partial charge in [-0.05, 0) is 37.3 Å². The summed E-state index contributed by atoms with van der Waals surface area (Å²) in [5, 5.41) is 6.38. The van der Waals surface area contributed by atoms with E-state index >= 15 is 0 Å². The molecule has 11 heteroatoms. The first kappa shape index (κ1) is 24.2. The Morgan fingerprint density at radius 2 is 1.90 bits per heavy atom. The summed E-state index contributed by atoms with van der Waals surface area (Å²) in [6, 6.07) is 8.14. The monoisotopic (exact) mass is 546 g/mol. The summed E-state index contributed by atoms with van der Waals surface area (Å²) >= 11 is 0. The molecule has 1 aliphatic carbocycles. The van der Waals surface area contributed by atoms with Crippen LogP contribution in [0, 0.1) is 0 Å². The zero-order chi connectivity index (χ0) is 20.4. The number of piperidine rings is 1. The smallest absolute Gasteiger partial charge is 0.357 e. The largest absolute Gasteiger partial charge is 0.511 e. The Labute approximate surface area is 186 Å². The number of alkyl halides is 3. The number of rotatable bonds is 5. The zero-order valence-corrected chi connectivity index (χ0v) is 19.2. The predicted molar refractivity (Wildman–Crippen MR) is 117 cm³/mol. The quantitative estimate of drug-likeness (QED) is 0.339. The first-order valence-corrected chi connectivity index (χ1v) is 10.9. The third kappa shape index (κ3) is 5.54. The van der Waals surface area contributed by atoms with Gasteiger partial charge in [0, 0.05) is 38.1 Å². The Balaban J connectivity index is 0.00000300. The average molecular weight is 546 g/mol. The van der Waals surface area contributed by atoms with Crippen molar-refractivity contribution in [2.75, 3.05) is 26.2 Å². The fraction of sp³-hybridized carbons (Fsp3) is 0.611. The molecule has 1 aliphatic heterocycles. The second-order valence-electron chi connectivity index (χ2n) is 7.09. The SMILES string of the molecule is CCNC(=NCC1Cc2ccccc21)NC1CCN(S(=O)(=O)C(F)(F)F)CC1.I. The van der Waals surface area contributed by atoms with Crippen molar-refractivity contribution in [3.05, 3.63) is 35.4 Å². The van der Waals surface area contributed by atoms with Crippen molar-refractivity contribution in [1.82, 2.24) is 14.9 Å². The molecule has 0 bridgehead atoms. The van der Waals surface area contributed by atoms with Crippen LogP contribution in [0.15, 0.2) is 29.3 Å². The molecule has 0 amide bonds. The summed E-state index contributed by atoms with van der Waals surface area (Å²) in [6.07, 6.45) is 1.59. The first-order chi connectivity index (χ1) is 13.2. The van der Waals surface area contributed by atoms with Crippen LogP contribution in [0.3, 0.4) is 0 Å². The van der Waals surface area contributed by atoms with Crippen LogP contribution >= 0.6 is 24.0 Å². The van der Waals surface area contributed by atoms with E-state index in [1.807, 2.05) is 19.1 Å². The second kappa shape index (κ2) is 9.82. The third-order valence-electron chi connectivity index (χ3n) is 5.20. The van der Waals surface area contributed by atoms with Gasteiger partial charge in [0.25, 0.3) is 0 Å². The van der Waals surface area contributed by atoms with E-state index in [-0.39, 0.29) is 43.1 Å². The Bertz CT molecular complexity index is 825. The number of fused-ring (bicyclic) bond motifs is 1. The number of guanidine groups is 1. The molecule has 1 aromatic rings. The van der Waals surface area contributed by atoms with Gasteiger partial charge in [-0.2, -0.15) is 17.5 Å². The topological polar surface area (TPSA) is 73.8 Å². The van der Waals surface area contributed by atoms with Crippen LogP contribution in [0.4, 0.5) is 13.2 Å². The highest BCUT2D eigenvalue weighted by atomic mass is 127. The average Bonchev–Trinajstić information content (AvgIpc) is 2.62. The lowest BCUT2D eigenvalue weighted by Gasteiger charge is -2.33. The minimum atomic E-state index is -5.25. The molecule has 1 heterocycles. The Kier molecular flexibility index (Phi) is 8.19. The molecule has 1 atom stereocenters. The van der Waals surface area contributed by atoms with E-state index < -0.39 is 15.5 Å². The number of aliphatic imine (C=N–C) groups is 1. The summed E-state index contributed by atoms with van der Waals surface area (Å²) in [6.45, 7) is 2.92. The predicted octanol–water partition coefficient (Wildman–Crippen LogP) is 2.81. The molecule has 0 saturated carbocycles. The summed E-state index contributed by atoms with van der Waals surface area (Å²) in [4.78, 5) is 4.62. The maximum Gasteiger partial charge on any atom is 0.511 e. The number of halogens is 4. The summed E-state index contributed by atoms with van der Waals surface area (Å²) in [5.74, 6) is 0.995. The van der Waals surface area contributed by atoms with Crippen LogP contribution in [0.1, 0.15) is 36.8 Å². The molecule has 1 unspecified atom stereocenters.